The summed E-state index contributed by atoms with van der Waals surface area (Å²) < 4.78 is 45.0. The number of hydrogen-bond acceptors (Lipinski definition) is 4. The maximum absolute atomic E-state index is 13.3. The van der Waals surface area contributed by atoms with E-state index in [-0.39, 0.29) is 41.8 Å². The number of alkyl carbamates (subject to hydrolysis) is 1. The van der Waals surface area contributed by atoms with E-state index >= 15 is 0 Å². The van der Waals surface area contributed by atoms with Crippen LogP contribution < -0.4 is 5.32 Å². The van der Waals surface area contributed by atoms with Crippen LogP contribution in [0.3, 0.4) is 0 Å². The normalized spacial score (nSPS) is 29.6. The number of benzene rings is 1. The second-order valence-corrected chi connectivity index (χ2v) is 8.79. The molecule has 6 nitrogen and oxygen atoms in total. The molecule has 0 saturated heterocycles. The van der Waals surface area contributed by atoms with Crippen LogP contribution in [0.5, 0.6) is 0 Å². The molecular weight excluding hydrogens is 375 g/mol. The average Bonchev–Trinajstić information content (AvgIpc) is 2.91. The number of H-pyrrole nitrogens is 1. The number of fused-ring (bicyclic) bond motifs is 2. The predicted molar refractivity (Wildman–Crippen MR) is 94.4 cm³/mol. The quantitative estimate of drug-likeness (QED) is 0.721. The molecule has 0 spiro atoms. The van der Waals surface area contributed by atoms with Crippen LogP contribution in [0.4, 0.5) is 18.0 Å². The molecule has 2 aromatic rings. The lowest BCUT2D eigenvalue weighted by Crippen LogP contribution is -2.37. The number of aliphatic hydroxyl groups is 1. The Labute approximate surface area is 159 Å². The Hall–Kier alpha value is -2.29. The lowest BCUT2D eigenvalue weighted by molar-refractivity contribution is -0.137. The molecule has 4 rings (SSSR count). The fourth-order valence-electron chi connectivity index (χ4n) is 4.34. The van der Waals surface area contributed by atoms with Crippen molar-refractivity contribution in [3.8, 4) is 0 Å². The van der Waals surface area contributed by atoms with E-state index < -0.39 is 29.0 Å². The van der Waals surface area contributed by atoms with E-state index in [4.69, 9.17) is 4.74 Å². The van der Waals surface area contributed by atoms with Crippen molar-refractivity contribution in [1.29, 1.82) is 0 Å². The minimum atomic E-state index is -4.52. The van der Waals surface area contributed by atoms with Crippen molar-refractivity contribution in [2.24, 2.45) is 11.8 Å². The first-order chi connectivity index (χ1) is 12.9. The Morgan fingerprint density at radius 3 is 2.50 bits per heavy atom. The van der Waals surface area contributed by atoms with Gasteiger partial charge in [0.05, 0.1) is 22.9 Å². The molecule has 9 heteroatoms. The standard InChI is InChI=1S/C19H22F3N3O3/c1-17(2,3)28-16(26)24-15-10-6-18(27,7-11(10)15)13-4-9(19(20,21)22)5-14-12(13)8-23-25-14/h4-5,8,10-11,15,27H,6-7H2,1-3H3,(H,23,25)(H,24,26)/t10-,11+,15?,18?. The van der Waals surface area contributed by atoms with Crippen molar-refractivity contribution in [2.45, 2.75) is 57.0 Å². The number of rotatable bonds is 2. The molecule has 152 valence electrons. The monoisotopic (exact) mass is 397 g/mol. The second kappa shape index (κ2) is 5.85. The number of carbonyl (C=O) groups excluding carboxylic acids is 1. The van der Waals surface area contributed by atoms with Crippen LogP contribution in [-0.2, 0) is 16.5 Å². The van der Waals surface area contributed by atoms with E-state index in [9.17, 15) is 23.1 Å². The fraction of sp³-hybridized carbons (Fsp3) is 0.579. The summed E-state index contributed by atoms with van der Waals surface area (Å²) in [6, 6.07) is 1.89. The van der Waals surface area contributed by atoms with Crippen molar-refractivity contribution in [3.05, 3.63) is 29.5 Å². The van der Waals surface area contributed by atoms with Gasteiger partial charge in [-0.05, 0) is 63.1 Å². The van der Waals surface area contributed by atoms with Crippen LogP contribution in [0, 0.1) is 11.8 Å². The molecule has 1 aromatic carbocycles. The number of nitrogens with zero attached hydrogens (tertiary/aromatic N) is 1. The molecule has 2 aliphatic carbocycles. The maximum atomic E-state index is 13.3. The number of nitrogens with one attached hydrogen (secondary N) is 2. The first-order valence-corrected chi connectivity index (χ1v) is 9.14. The zero-order valence-corrected chi connectivity index (χ0v) is 15.7. The number of halogens is 3. The van der Waals surface area contributed by atoms with Gasteiger partial charge in [0.2, 0.25) is 0 Å². The first kappa shape index (κ1) is 19.0. The number of amides is 1. The summed E-state index contributed by atoms with van der Waals surface area (Å²) in [5.41, 5.74) is -2.35. The predicted octanol–water partition coefficient (Wildman–Crippen LogP) is 3.70. The Morgan fingerprint density at radius 1 is 1.29 bits per heavy atom. The molecule has 1 heterocycles. The highest BCUT2D eigenvalue weighted by molar-refractivity contribution is 5.83. The van der Waals surface area contributed by atoms with E-state index in [0.29, 0.717) is 5.39 Å². The van der Waals surface area contributed by atoms with Gasteiger partial charge in [-0.25, -0.2) is 4.79 Å². The number of aromatic amines is 1. The molecule has 28 heavy (non-hydrogen) atoms. The molecule has 0 aliphatic heterocycles. The van der Waals surface area contributed by atoms with E-state index in [1.807, 2.05) is 0 Å². The van der Waals surface area contributed by atoms with Gasteiger partial charge in [0.1, 0.15) is 5.60 Å². The SMILES string of the molecule is CC(C)(C)OC(=O)NC1[C@H]2CC(O)(c3cc(C(F)(F)F)cc4[nH]ncc34)C[C@@H]12. The fourth-order valence-corrected chi connectivity index (χ4v) is 4.34. The highest BCUT2D eigenvalue weighted by Gasteiger charge is 2.62. The zero-order chi connectivity index (χ0) is 20.5. The Kier molecular flexibility index (Phi) is 3.98. The van der Waals surface area contributed by atoms with Crippen LogP contribution in [0.1, 0.15) is 44.7 Å². The molecule has 2 fully saturated rings. The first-order valence-electron chi connectivity index (χ1n) is 9.14. The van der Waals surface area contributed by atoms with Gasteiger partial charge in [-0.2, -0.15) is 18.3 Å². The summed E-state index contributed by atoms with van der Waals surface area (Å²) in [6.45, 7) is 5.30. The van der Waals surface area contributed by atoms with Gasteiger partial charge in [0, 0.05) is 11.4 Å². The molecule has 2 saturated carbocycles. The molecule has 2 aliphatic rings. The lowest BCUT2D eigenvalue weighted by atomic mass is 9.85. The zero-order valence-electron chi connectivity index (χ0n) is 15.7. The third-order valence-electron chi connectivity index (χ3n) is 5.55. The summed E-state index contributed by atoms with van der Waals surface area (Å²) in [7, 11) is 0. The number of ether oxygens (including phenoxy) is 1. The van der Waals surface area contributed by atoms with Crippen LogP contribution in [0.2, 0.25) is 0 Å². The molecule has 1 amide bonds. The minimum absolute atomic E-state index is 0.00834. The molecule has 1 aromatic heterocycles. The van der Waals surface area contributed by atoms with Gasteiger partial charge in [0.15, 0.2) is 0 Å². The summed E-state index contributed by atoms with van der Waals surface area (Å²) in [5.74, 6) is 0.0167. The number of hydrogen-bond donors (Lipinski definition) is 3. The van der Waals surface area contributed by atoms with E-state index in [2.05, 4.69) is 15.5 Å². The smallest absolute Gasteiger partial charge is 0.416 e. The lowest BCUT2D eigenvalue weighted by Gasteiger charge is -2.28. The van der Waals surface area contributed by atoms with Crippen LogP contribution in [0.15, 0.2) is 18.3 Å². The van der Waals surface area contributed by atoms with Gasteiger partial charge in [-0.3, -0.25) is 5.10 Å². The highest BCUT2D eigenvalue weighted by atomic mass is 19.4. The van der Waals surface area contributed by atoms with Crippen LogP contribution in [0.25, 0.3) is 10.9 Å². The van der Waals surface area contributed by atoms with Gasteiger partial charge >= 0.3 is 12.3 Å². The van der Waals surface area contributed by atoms with Gasteiger partial charge in [-0.1, -0.05) is 0 Å². The molecule has 3 N–H and O–H groups in total. The molecule has 0 radical (unpaired) electrons. The topological polar surface area (TPSA) is 87.2 Å². The third-order valence-corrected chi connectivity index (χ3v) is 5.55. The van der Waals surface area contributed by atoms with Crippen LogP contribution >= 0.6 is 0 Å². The average molecular weight is 397 g/mol. The Bertz CT molecular complexity index is 920. The van der Waals surface area contributed by atoms with Crippen molar-refractivity contribution < 1.29 is 27.8 Å². The Morgan fingerprint density at radius 2 is 1.93 bits per heavy atom. The minimum Gasteiger partial charge on any atom is -0.444 e. The number of carbonyl (C=O) groups is 1. The van der Waals surface area contributed by atoms with Gasteiger partial charge in [0.25, 0.3) is 0 Å². The van der Waals surface area contributed by atoms with Gasteiger partial charge in [-0.15, -0.1) is 0 Å². The molecular formula is C19H22F3N3O3. The van der Waals surface area contributed by atoms with Crippen molar-refractivity contribution in [1.82, 2.24) is 15.5 Å². The van der Waals surface area contributed by atoms with Gasteiger partial charge < -0.3 is 15.2 Å². The van der Waals surface area contributed by atoms with Crippen molar-refractivity contribution >= 4 is 17.0 Å². The summed E-state index contributed by atoms with van der Waals surface area (Å²) >= 11 is 0. The second-order valence-electron chi connectivity index (χ2n) is 8.79. The van der Waals surface area contributed by atoms with Crippen LogP contribution in [-0.4, -0.2) is 33.0 Å². The number of alkyl halides is 3. The highest BCUT2D eigenvalue weighted by Crippen LogP contribution is 2.60. The van der Waals surface area contributed by atoms with E-state index in [0.717, 1.165) is 12.1 Å². The van der Waals surface area contributed by atoms with Crippen molar-refractivity contribution in [3.63, 3.8) is 0 Å². The van der Waals surface area contributed by atoms with Crippen molar-refractivity contribution in [2.75, 3.05) is 0 Å². The molecule has 0 bridgehead atoms. The van der Waals surface area contributed by atoms with E-state index in [1.165, 1.54) is 6.20 Å². The third kappa shape index (κ3) is 3.32. The Balaban J connectivity index is 1.54. The largest absolute Gasteiger partial charge is 0.444 e. The molecule has 4 atom stereocenters. The summed E-state index contributed by atoms with van der Waals surface area (Å²) in [6.07, 6.45) is -3.05. The summed E-state index contributed by atoms with van der Waals surface area (Å²) in [4.78, 5) is 11.9. The van der Waals surface area contributed by atoms with E-state index in [1.54, 1.807) is 20.8 Å². The summed E-state index contributed by atoms with van der Waals surface area (Å²) in [5, 5.41) is 20.8. The molecule has 2 unspecified atom stereocenters. The number of aromatic nitrogens is 2. The maximum Gasteiger partial charge on any atom is 0.416 e.